The van der Waals surface area contributed by atoms with Gasteiger partial charge in [0.1, 0.15) is 11.5 Å². The van der Waals surface area contributed by atoms with Gasteiger partial charge in [-0.15, -0.1) is 0 Å². The van der Waals surface area contributed by atoms with Crippen LogP contribution < -0.4 is 0 Å². The number of phenolic OH excluding ortho intramolecular Hbond substituents is 2. The molecule has 0 radical (unpaired) electrons. The Bertz CT molecular complexity index is 652. The van der Waals surface area contributed by atoms with Crippen molar-refractivity contribution in [3.05, 3.63) is 58.7 Å². The Kier molecular flexibility index (Phi) is 5.35. The number of hydrogen-bond acceptors (Lipinski definition) is 2. The number of rotatable bonds is 6. The first-order valence-corrected chi connectivity index (χ1v) is 8.67. The second kappa shape index (κ2) is 7.08. The van der Waals surface area contributed by atoms with E-state index in [1.807, 2.05) is 18.2 Å². The van der Waals surface area contributed by atoms with E-state index in [4.69, 9.17) is 0 Å². The summed E-state index contributed by atoms with van der Waals surface area (Å²) in [5, 5.41) is 19.9. The monoisotopic (exact) mass is 312 g/mol. The molecule has 23 heavy (non-hydrogen) atoms. The van der Waals surface area contributed by atoms with Gasteiger partial charge in [-0.25, -0.2) is 0 Å². The highest BCUT2D eigenvalue weighted by atomic mass is 16.3. The van der Waals surface area contributed by atoms with Gasteiger partial charge >= 0.3 is 0 Å². The van der Waals surface area contributed by atoms with Crippen LogP contribution in [0.5, 0.6) is 11.5 Å². The van der Waals surface area contributed by atoms with E-state index < -0.39 is 0 Å². The molecule has 0 aliphatic rings. The van der Waals surface area contributed by atoms with Gasteiger partial charge in [-0.1, -0.05) is 45.9 Å². The standard InChI is InChI=1S/C21H28O2/c1-5-17-18(6-2)20(23)14-13-19(17)21(7-3,8-4)15-9-11-16(22)12-10-15/h9-14,22-23H,5-8H2,1-4H3. The van der Waals surface area contributed by atoms with Gasteiger partial charge in [0.2, 0.25) is 0 Å². The lowest BCUT2D eigenvalue weighted by Crippen LogP contribution is -2.28. The summed E-state index contributed by atoms with van der Waals surface area (Å²) in [5.74, 6) is 0.699. The largest absolute Gasteiger partial charge is 0.508 e. The van der Waals surface area contributed by atoms with Crippen molar-refractivity contribution < 1.29 is 10.2 Å². The maximum absolute atomic E-state index is 10.2. The van der Waals surface area contributed by atoms with E-state index in [0.717, 1.165) is 31.2 Å². The van der Waals surface area contributed by atoms with Crippen molar-refractivity contribution >= 4 is 0 Å². The van der Waals surface area contributed by atoms with E-state index in [9.17, 15) is 10.2 Å². The second-order valence-electron chi connectivity index (χ2n) is 6.13. The molecule has 2 heteroatoms. The average Bonchev–Trinajstić information content (AvgIpc) is 2.58. The van der Waals surface area contributed by atoms with E-state index >= 15 is 0 Å². The van der Waals surface area contributed by atoms with Gasteiger partial charge < -0.3 is 10.2 Å². The molecular weight excluding hydrogens is 284 g/mol. The molecule has 0 aliphatic carbocycles. The van der Waals surface area contributed by atoms with Crippen LogP contribution in [-0.2, 0) is 18.3 Å². The Morgan fingerprint density at radius 1 is 0.739 bits per heavy atom. The maximum atomic E-state index is 10.2. The molecule has 2 N–H and O–H groups in total. The average molecular weight is 312 g/mol. The minimum absolute atomic E-state index is 0.0866. The SMILES string of the molecule is CCc1c(O)ccc(C(CC)(CC)c2ccc(O)cc2)c1CC. The highest BCUT2D eigenvalue weighted by Crippen LogP contribution is 2.43. The first-order valence-electron chi connectivity index (χ1n) is 8.67. The van der Waals surface area contributed by atoms with Crippen LogP contribution in [0.1, 0.15) is 62.8 Å². The van der Waals surface area contributed by atoms with Crippen molar-refractivity contribution in [1.29, 1.82) is 0 Å². The Balaban J connectivity index is 2.73. The Hall–Kier alpha value is -1.96. The molecule has 0 amide bonds. The lowest BCUT2D eigenvalue weighted by Gasteiger charge is -2.36. The Labute approximate surface area is 139 Å². The molecule has 124 valence electrons. The fourth-order valence-electron chi connectivity index (χ4n) is 3.90. The fourth-order valence-corrected chi connectivity index (χ4v) is 3.90. The van der Waals surface area contributed by atoms with Crippen molar-refractivity contribution in [2.24, 2.45) is 0 Å². The van der Waals surface area contributed by atoms with Crippen molar-refractivity contribution in [3.63, 3.8) is 0 Å². The molecule has 0 aromatic heterocycles. The van der Waals surface area contributed by atoms with Crippen molar-refractivity contribution in [1.82, 2.24) is 0 Å². The molecule has 0 spiro atoms. The summed E-state index contributed by atoms with van der Waals surface area (Å²) in [6.45, 7) is 8.69. The quantitative estimate of drug-likeness (QED) is 0.757. The molecule has 0 aliphatic heterocycles. The molecule has 2 aromatic carbocycles. The van der Waals surface area contributed by atoms with Crippen LogP contribution >= 0.6 is 0 Å². The van der Waals surface area contributed by atoms with E-state index in [2.05, 4.69) is 33.8 Å². The third-order valence-corrected chi connectivity index (χ3v) is 5.26. The van der Waals surface area contributed by atoms with Crippen LogP contribution in [0.4, 0.5) is 0 Å². The highest BCUT2D eigenvalue weighted by molar-refractivity contribution is 5.52. The normalized spacial score (nSPS) is 11.7. The van der Waals surface area contributed by atoms with Gasteiger partial charge in [0.15, 0.2) is 0 Å². The number of phenols is 2. The number of benzene rings is 2. The molecule has 0 saturated carbocycles. The van der Waals surface area contributed by atoms with Crippen LogP contribution in [0.3, 0.4) is 0 Å². The molecule has 0 heterocycles. The first kappa shape index (κ1) is 17.4. The van der Waals surface area contributed by atoms with E-state index in [0.29, 0.717) is 11.5 Å². The van der Waals surface area contributed by atoms with Crippen LogP contribution in [0.2, 0.25) is 0 Å². The summed E-state index contributed by atoms with van der Waals surface area (Å²) in [7, 11) is 0. The first-order chi connectivity index (χ1) is 11.0. The zero-order valence-corrected chi connectivity index (χ0v) is 14.7. The molecule has 0 saturated heterocycles. The van der Waals surface area contributed by atoms with E-state index in [-0.39, 0.29) is 5.41 Å². The summed E-state index contributed by atoms with van der Waals surface area (Å²) in [5.41, 5.74) is 4.78. The summed E-state index contributed by atoms with van der Waals surface area (Å²) in [6.07, 6.45) is 3.71. The van der Waals surface area contributed by atoms with Gasteiger partial charge in [0.05, 0.1) is 0 Å². The lowest BCUT2D eigenvalue weighted by atomic mass is 9.68. The topological polar surface area (TPSA) is 40.5 Å². The molecule has 0 atom stereocenters. The molecule has 0 bridgehead atoms. The smallest absolute Gasteiger partial charge is 0.119 e. The summed E-state index contributed by atoms with van der Waals surface area (Å²) >= 11 is 0. The Morgan fingerprint density at radius 2 is 1.30 bits per heavy atom. The predicted octanol–water partition coefficient (Wildman–Crippen LogP) is 5.33. The highest BCUT2D eigenvalue weighted by Gasteiger charge is 2.33. The summed E-state index contributed by atoms with van der Waals surface area (Å²) < 4.78 is 0. The number of aromatic hydroxyl groups is 2. The van der Waals surface area contributed by atoms with Crippen LogP contribution in [0, 0.1) is 0 Å². The Morgan fingerprint density at radius 3 is 1.78 bits per heavy atom. The third kappa shape index (κ3) is 2.95. The summed E-state index contributed by atoms with van der Waals surface area (Å²) in [4.78, 5) is 0. The minimum Gasteiger partial charge on any atom is -0.508 e. The van der Waals surface area contributed by atoms with Crippen molar-refractivity contribution in [3.8, 4) is 11.5 Å². The zero-order chi connectivity index (χ0) is 17.0. The second-order valence-corrected chi connectivity index (χ2v) is 6.13. The molecule has 2 nitrogen and oxygen atoms in total. The van der Waals surface area contributed by atoms with Crippen molar-refractivity contribution in [2.45, 2.75) is 58.8 Å². The van der Waals surface area contributed by atoms with Gasteiger partial charge in [-0.05, 0) is 66.1 Å². The maximum Gasteiger partial charge on any atom is 0.119 e. The van der Waals surface area contributed by atoms with Gasteiger partial charge in [0, 0.05) is 5.41 Å². The van der Waals surface area contributed by atoms with Crippen LogP contribution in [0.25, 0.3) is 0 Å². The molecule has 0 unspecified atom stereocenters. The fraction of sp³-hybridized carbons (Fsp3) is 0.429. The lowest BCUT2D eigenvalue weighted by molar-refractivity contribution is 0.453. The van der Waals surface area contributed by atoms with E-state index in [1.165, 1.54) is 16.7 Å². The van der Waals surface area contributed by atoms with E-state index in [1.54, 1.807) is 12.1 Å². The van der Waals surface area contributed by atoms with Crippen LogP contribution in [-0.4, -0.2) is 10.2 Å². The molecule has 0 fully saturated rings. The molecule has 2 rings (SSSR count). The van der Waals surface area contributed by atoms with Gasteiger partial charge in [0.25, 0.3) is 0 Å². The third-order valence-electron chi connectivity index (χ3n) is 5.26. The number of hydrogen-bond donors (Lipinski definition) is 2. The van der Waals surface area contributed by atoms with Gasteiger partial charge in [-0.2, -0.15) is 0 Å². The molecular formula is C21H28O2. The van der Waals surface area contributed by atoms with Crippen molar-refractivity contribution in [2.75, 3.05) is 0 Å². The minimum atomic E-state index is -0.0866. The zero-order valence-electron chi connectivity index (χ0n) is 14.7. The van der Waals surface area contributed by atoms with Gasteiger partial charge in [-0.3, -0.25) is 0 Å². The summed E-state index contributed by atoms with van der Waals surface area (Å²) in [6, 6.07) is 11.5. The molecule has 2 aromatic rings. The predicted molar refractivity (Wildman–Crippen MR) is 96.3 cm³/mol. The van der Waals surface area contributed by atoms with Crippen LogP contribution in [0.15, 0.2) is 36.4 Å².